The number of allylic oxidation sites excluding steroid dienone is 1. The molecule has 1 fully saturated rings. The minimum Gasteiger partial charge on any atom is -0.447 e. The number of nitrogens with one attached hydrogen (secondary N) is 1. The number of pyridine rings is 1. The summed E-state index contributed by atoms with van der Waals surface area (Å²) >= 11 is 0. The van der Waals surface area contributed by atoms with Gasteiger partial charge in [0, 0.05) is 24.7 Å². The summed E-state index contributed by atoms with van der Waals surface area (Å²) in [6.45, 7) is 9.91. The van der Waals surface area contributed by atoms with Crippen LogP contribution in [0.1, 0.15) is 45.0 Å². The van der Waals surface area contributed by atoms with Crippen LogP contribution in [0.2, 0.25) is 0 Å². The first kappa shape index (κ1) is 21.4. The van der Waals surface area contributed by atoms with Crippen LogP contribution in [0.15, 0.2) is 24.8 Å². The maximum Gasteiger partial charge on any atom is 0.410 e. The van der Waals surface area contributed by atoms with Crippen LogP contribution in [0.5, 0.6) is 0 Å². The summed E-state index contributed by atoms with van der Waals surface area (Å²) in [7, 11) is -3.41. The van der Waals surface area contributed by atoms with E-state index in [1.54, 1.807) is 18.7 Å². The Labute approximate surface area is 161 Å². The summed E-state index contributed by atoms with van der Waals surface area (Å²) in [5.41, 5.74) is 2.42. The van der Waals surface area contributed by atoms with Gasteiger partial charge >= 0.3 is 6.09 Å². The minimum atomic E-state index is -3.41. The monoisotopic (exact) mass is 395 g/mol. The molecule has 2 atom stereocenters. The molecule has 0 aromatic carbocycles. The highest BCUT2D eigenvalue weighted by atomic mass is 32.2. The van der Waals surface area contributed by atoms with Gasteiger partial charge in [0.1, 0.15) is 0 Å². The third-order valence-corrected chi connectivity index (χ3v) is 5.11. The van der Waals surface area contributed by atoms with Crippen molar-refractivity contribution in [3.05, 3.63) is 36.2 Å². The highest BCUT2D eigenvalue weighted by Crippen LogP contribution is 2.23. The molecule has 1 aliphatic rings. The number of rotatable bonds is 6. The molecule has 0 bridgehead atoms. The van der Waals surface area contributed by atoms with Crippen LogP contribution in [0.3, 0.4) is 0 Å². The average Bonchev–Trinajstić information content (AvgIpc) is 2.54. The van der Waals surface area contributed by atoms with Crippen LogP contribution in [0.25, 0.3) is 5.57 Å². The van der Waals surface area contributed by atoms with Gasteiger partial charge in [-0.15, -0.1) is 0 Å². The Kier molecular flexibility index (Phi) is 7.00. The van der Waals surface area contributed by atoms with Gasteiger partial charge in [-0.05, 0) is 51.3 Å². The number of hydrogen-bond donors (Lipinski definition) is 1. The van der Waals surface area contributed by atoms with E-state index in [1.807, 2.05) is 25.1 Å². The van der Waals surface area contributed by atoms with E-state index in [-0.39, 0.29) is 18.2 Å². The molecule has 1 amide bonds. The second-order valence-corrected chi connectivity index (χ2v) is 9.11. The molecule has 2 heterocycles. The lowest BCUT2D eigenvalue weighted by Crippen LogP contribution is -2.58. The Morgan fingerprint density at radius 2 is 2.15 bits per heavy atom. The third-order valence-electron chi connectivity index (χ3n) is 4.38. The zero-order valence-electron chi connectivity index (χ0n) is 16.4. The number of ether oxygens (including phenoxy) is 1. The molecule has 7 nitrogen and oxygen atoms in total. The summed E-state index contributed by atoms with van der Waals surface area (Å²) in [5.74, 6) is 0. The molecule has 1 saturated heterocycles. The molecule has 8 heteroatoms. The number of piperidine rings is 1. The minimum absolute atomic E-state index is 0.244. The maximum absolute atomic E-state index is 12.6. The van der Waals surface area contributed by atoms with Crippen molar-refractivity contribution in [2.45, 2.75) is 58.2 Å². The molecule has 0 saturated carbocycles. The second-order valence-electron chi connectivity index (χ2n) is 7.33. The van der Waals surface area contributed by atoms with Crippen molar-refractivity contribution in [1.82, 2.24) is 14.6 Å². The molecule has 0 aliphatic carbocycles. The molecule has 1 aliphatic heterocycles. The zero-order valence-corrected chi connectivity index (χ0v) is 17.3. The molecule has 1 aromatic rings. The van der Waals surface area contributed by atoms with Gasteiger partial charge < -0.3 is 9.64 Å². The first-order chi connectivity index (χ1) is 12.6. The number of carbonyl (C=O) groups is 1. The molecule has 1 aromatic heterocycles. The van der Waals surface area contributed by atoms with Gasteiger partial charge in [-0.2, -0.15) is 0 Å². The molecule has 0 spiro atoms. The number of aromatic nitrogens is 1. The van der Waals surface area contributed by atoms with Crippen LogP contribution in [-0.4, -0.2) is 55.4 Å². The van der Waals surface area contributed by atoms with Gasteiger partial charge in [0.05, 0.1) is 24.1 Å². The van der Waals surface area contributed by atoms with Crippen molar-refractivity contribution in [3.63, 3.8) is 0 Å². The van der Waals surface area contributed by atoms with Crippen LogP contribution in [0.4, 0.5) is 4.79 Å². The van der Waals surface area contributed by atoms with E-state index in [1.165, 1.54) is 0 Å². The van der Waals surface area contributed by atoms with E-state index < -0.39 is 16.1 Å². The van der Waals surface area contributed by atoms with Crippen molar-refractivity contribution < 1.29 is 17.9 Å². The van der Waals surface area contributed by atoms with E-state index in [9.17, 15) is 13.2 Å². The number of nitrogens with zero attached hydrogens (tertiary/aromatic N) is 2. The number of amides is 1. The van der Waals surface area contributed by atoms with E-state index in [4.69, 9.17) is 4.74 Å². The molecule has 150 valence electrons. The molecular weight excluding hydrogens is 366 g/mol. The van der Waals surface area contributed by atoms with Crippen LogP contribution >= 0.6 is 0 Å². The lowest BCUT2D eigenvalue weighted by molar-refractivity contribution is 0.0459. The highest BCUT2D eigenvalue weighted by Gasteiger charge is 2.37. The summed E-state index contributed by atoms with van der Waals surface area (Å²) in [4.78, 5) is 18.8. The predicted molar refractivity (Wildman–Crippen MR) is 106 cm³/mol. The first-order valence-electron chi connectivity index (χ1n) is 9.13. The van der Waals surface area contributed by atoms with Crippen molar-refractivity contribution >= 4 is 21.7 Å². The van der Waals surface area contributed by atoms with Crippen molar-refractivity contribution in [2.75, 3.05) is 12.8 Å². The quantitative estimate of drug-likeness (QED) is 0.800. The smallest absolute Gasteiger partial charge is 0.410 e. The number of hydrogen-bond acceptors (Lipinski definition) is 5. The highest BCUT2D eigenvalue weighted by molar-refractivity contribution is 7.88. The number of likely N-dealkylation sites (tertiary alicyclic amines) is 1. The molecule has 2 rings (SSSR count). The Balaban J connectivity index is 2.32. The second kappa shape index (κ2) is 8.84. The Hall–Kier alpha value is -1.93. The lowest BCUT2D eigenvalue weighted by Gasteiger charge is -2.40. The first-order valence-corrected chi connectivity index (χ1v) is 11.0. The van der Waals surface area contributed by atoms with Gasteiger partial charge in [-0.1, -0.05) is 12.6 Å². The molecule has 1 N–H and O–H groups in total. The third kappa shape index (κ3) is 6.32. The zero-order chi connectivity index (χ0) is 20.2. The topological polar surface area (TPSA) is 88.6 Å². The van der Waals surface area contributed by atoms with E-state index in [2.05, 4.69) is 16.3 Å². The van der Waals surface area contributed by atoms with Crippen molar-refractivity contribution in [1.29, 1.82) is 0 Å². The fraction of sp³-hybridized carbons (Fsp3) is 0.579. The Bertz CT molecular complexity index is 792. The summed E-state index contributed by atoms with van der Waals surface area (Å²) in [6.07, 6.45) is 2.26. The fourth-order valence-electron chi connectivity index (χ4n) is 3.26. The largest absolute Gasteiger partial charge is 0.447 e. The average molecular weight is 396 g/mol. The molecular formula is C19H29N3O4S. The van der Waals surface area contributed by atoms with E-state index in [0.29, 0.717) is 25.8 Å². The number of carbonyl (C=O) groups excluding carboxylic acids is 1. The SMILES string of the molecule is C=C(C)c1cccc(CC2C(NS(C)(=O)=O)CCCN2C(=O)OC(C)C)n1. The lowest BCUT2D eigenvalue weighted by atomic mass is 9.93. The Morgan fingerprint density at radius 1 is 1.44 bits per heavy atom. The molecule has 27 heavy (non-hydrogen) atoms. The van der Waals surface area contributed by atoms with Crippen LogP contribution in [-0.2, 0) is 21.2 Å². The Morgan fingerprint density at radius 3 is 2.74 bits per heavy atom. The summed E-state index contributed by atoms with van der Waals surface area (Å²) in [6, 6.07) is 4.90. The van der Waals surface area contributed by atoms with E-state index >= 15 is 0 Å². The van der Waals surface area contributed by atoms with Gasteiger partial charge in [0.25, 0.3) is 0 Å². The van der Waals surface area contributed by atoms with Gasteiger partial charge in [0.15, 0.2) is 0 Å². The maximum atomic E-state index is 12.6. The van der Waals surface area contributed by atoms with Gasteiger partial charge in [-0.3, -0.25) is 4.98 Å². The summed E-state index contributed by atoms with van der Waals surface area (Å²) < 4.78 is 31.7. The van der Waals surface area contributed by atoms with Gasteiger partial charge in [-0.25, -0.2) is 17.9 Å². The number of sulfonamides is 1. The predicted octanol–water partition coefficient (Wildman–Crippen LogP) is 2.58. The van der Waals surface area contributed by atoms with E-state index in [0.717, 1.165) is 23.2 Å². The standard InChI is InChI=1S/C19H29N3O4S/c1-13(2)16-9-6-8-15(20-16)12-18-17(21-27(5,24)25)10-7-11-22(18)19(23)26-14(3)4/h6,8-9,14,17-18,21H,1,7,10-12H2,2-5H3. The summed E-state index contributed by atoms with van der Waals surface area (Å²) in [5, 5.41) is 0. The van der Waals surface area contributed by atoms with Gasteiger partial charge in [0.2, 0.25) is 10.0 Å². The molecule has 2 unspecified atom stereocenters. The van der Waals surface area contributed by atoms with Crippen molar-refractivity contribution in [2.24, 2.45) is 0 Å². The fourth-order valence-corrected chi connectivity index (χ4v) is 4.09. The van der Waals surface area contributed by atoms with Crippen molar-refractivity contribution in [3.8, 4) is 0 Å². The van der Waals surface area contributed by atoms with Crippen LogP contribution < -0.4 is 4.72 Å². The molecule has 0 radical (unpaired) electrons. The van der Waals surface area contributed by atoms with Crippen LogP contribution in [0, 0.1) is 0 Å². The normalized spacial score (nSPS) is 20.6.